The molecule has 0 spiro atoms. The van der Waals surface area contributed by atoms with Crippen LogP contribution < -0.4 is 4.31 Å². The van der Waals surface area contributed by atoms with Gasteiger partial charge in [0.2, 0.25) is 0 Å². The maximum atomic E-state index is 11.8. The van der Waals surface area contributed by atoms with Crippen molar-refractivity contribution < 1.29 is 18.7 Å². The molecule has 0 bridgehead atoms. The van der Waals surface area contributed by atoms with E-state index in [-0.39, 0.29) is 17.1 Å². The fourth-order valence-corrected chi connectivity index (χ4v) is 3.56. The summed E-state index contributed by atoms with van der Waals surface area (Å²) in [6.45, 7) is 0. The van der Waals surface area contributed by atoms with Crippen molar-refractivity contribution in [2.24, 2.45) is 0 Å². The molecule has 1 aromatic heterocycles. The number of nitrogens with zero attached hydrogens (tertiary/aromatic N) is 3. The van der Waals surface area contributed by atoms with E-state index in [0.29, 0.717) is 12.1 Å². The van der Waals surface area contributed by atoms with E-state index in [0.717, 1.165) is 21.6 Å². The van der Waals surface area contributed by atoms with Crippen LogP contribution >= 0.6 is 11.7 Å². The fraction of sp³-hybridized carbons (Fsp3) is 0.0625. The van der Waals surface area contributed by atoms with Gasteiger partial charge < -0.3 is 9.66 Å². The number of aromatic carboxylic acids is 1. The van der Waals surface area contributed by atoms with Crippen LogP contribution in [-0.4, -0.2) is 28.6 Å². The quantitative estimate of drug-likeness (QED) is 0.665. The van der Waals surface area contributed by atoms with Gasteiger partial charge in [-0.1, -0.05) is 42.5 Å². The molecule has 1 atom stereocenters. The number of hydrogen-bond acceptors (Lipinski definition) is 6. The average Bonchev–Trinajstić information content (AvgIpc) is 3.04. The fourth-order valence-electron chi connectivity index (χ4n) is 2.35. The summed E-state index contributed by atoms with van der Waals surface area (Å²) in [6, 6.07) is 15.3. The van der Waals surface area contributed by atoms with E-state index in [1.165, 1.54) is 18.2 Å². The van der Waals surface area contributed by atoms with Crippen LogP contribution in [0.1, 0.15) is 21.6 Å². The molecular formula is C16H12N3O4S2-. The van der Waals surface area contributed by atoms with Crippen LogP contribution in [0.2, 0.25) is 0 Å². The number of para-hydroxylation sites is 1. The summed E-state index contributed by atoms with van der Waals surface area (Å²) in [6.07, 6.45) is 0.385. The highest BCUT2D eigenvalue weighted by Crippen LogP contribution is 2.32. The lowest BCUT2D eigenvalue weighted by molar-refractivity contribution is 0.0698. The zero-order valence-electron chi connectivity index (χ0n) is 12.7. The molecular weight excluding hydrogens is 362 g/mol. The highest BCUT2D eigenvalue weighted by atomic mass is 32.2. The van der Waals surface area contributed by atoms with Gasteiger partial charge in [0, 0.05) is 6.42 Å². The molecule has 3 aromatic rings. The van der Waals surface area contributed by atoms with Crippen LogP contribution in [0.15, 0.2) is 54.6 Å². The van der Waals surface area contributed by atoms with Gasteiger partial charge >= 0.3 is 5.97 Å². The Morgan fingerprint density at radius 2 is 1.80 bits per heavy atom. The molecule has 0 aliphatic heterocycles. The zero-order valence-corrected chi connectivity index (χ0v) is 14.4. The van der Waals surface area contributed by atoms with E-state index >= 15 is 0 Å². The van der Waals surface area contributed by atoms with E-state index < -0.39 is 17.2 Å². The number of anilines is 2. The van der Waals surface area contributed by atoms with Gasteiger partial charge in [-0.05, 0) is 17.7 Å². The molecule has 1 N–H and O–H groups in total. The summed E-state index contributed by atoms with van der Waals surface area (Å²) >= 11 is -1.88. The van der Waals surface area contributed by atoms with Gasteiger partial charge in [0.25, 0.3) is 0 Å². The minimum absolute atomic E-state index is 0.0188. The van der Waals surface area contributed by atoms with Gasteiger partial charge in [-0.2, -0.15) is 8.75 Å². The lowest BCUT2D eigenvalue weighted by Gasteiger charge is -2.26. The Morgan fingerprint density at radius 1 is 1.12 bits per heavy atom. The van der Waals surface area contributed by atoms with E-state index in [4.69, 9.17) is 0 Å². The molecule has 0 aliphatic carbocycles. The molecule has 0 saturated heterocycles. The smallest absolute Gasteiger partial charge is 0.337 e. The highest BCUT2D eigenvalue weighted by molar-refractivity contribution is 7.81. The van der Waals surface area contributed by atoms with Crippen molar-refractivity contribution in [3.8, 4) is 0 Å². The molecule has 3 rings (SSSR count). The van der Waals surface area contributed by atoms with Crippen LogP contribution in [0.25, 0.3) is 0 Å². The summed E-state index contributed by atoms with van der Waals surface area (Å²) in [7, 11) is 0. The number of carboxylic acid groups (broad SMARTS) is 1. The topological polar surface area (TPSA) is 106 Å². The third-order valence-electron chi connectivity index (χ3n) is 3.45. The number of hydrogen-bond donors (Lipinski definition) is 1. The van der Waals surface area contributed by atoms with Gasteiger partial charge in [-0.3, -0.25) is 8.51 Å². The molecule has 1 heterocycles. The Labute approximate surface area is 150 Å². The van der Waals surface area contributed by atoms with Crippen LogP contribution in [0.3, 0.4) is 0 Å². The molecule has 1 unspecified atom stereocenters. The Morgan fingerprint density at radius 3 is 2.48 bits per heavy atom. The van der Waals surface area contributed by atoms with Crippen molar-refractivity contribution in [1.82, 2.24) is 8.75 Å². The Bertz CT molecular complexity index is 915. The third kappa shape index (κ3) is 3.73. The molecule has 9 heteroatoms. The lowest BCUT2D eigenvalue weighted by atomic mass is 10.1. The molecule has 0 amide bonds. The monoisotopic (exact) mass is 374 g/mol. The van der Waals surface area contributed by atoms with Crippen molar-refractivity contribution in [2.75, 3.05) is 4.31 Å². The largest absolute Gasteiger partial charge is 0.755 e. The van der Waals surface area contributed by atoms with Crippen molar-refractivity contribution in [3.63, 3.8) is 0 Å². The van der Waals surface area contributed by atoms with E-state index in [9.17, 15) is 18.7 Å². The first-order valence-corrected chi connectivity index (χ1v) is 8.91. The van der Waals surface area contributed by atoms with Crippen molar-refractivity contribution in [3.05, 3.63) is 71.4 Å². The minimum atomic E-state index is -2.75. The molecule has 0 saturated carbocycles. The Hall–Kier alpha value is -2.62. The first-order valence-electron chi connectivity index (χ1n) is 7.15. The summed E-state index contributed by atoms with van der Waals surface area (Å²) < 4.78 is 32.8. The molecule has 0 fully saturated rings. The molecule has 0 aliphatic rings. The summed E-state index contributed by atoms with van der Waals surface area (Å²) in [5.74, 6) is -1.12. The number of aromatic nitrogens is 2. The lowest BCUT2D eigenvalue weighted by Crippen LogP contribution is -2.23. The molecule has 25 heavy (non-hydrogen) atoms. The molecule has 0 radical (unpaired) electrons. The van der Waals surface area contributed by atoms with Crippen LogP contribution in [-0.2, 0) is 17.7 Å². The predicted octanol–water partition coefficient (Wildman–Crippen LogP) is 2.76. The maximum absolute atomic E-state index is 11.8. The second-order valence-corrected chi connectivity index (χ2v) is 6.36. The molecule has 7 nitrogen and oxygen atoms in total. The maximum Gasteiger partial charge on any atom is 0.337 e. The van der Waals surface area contributed by atoms with Gasteiger partial charge in [-0.25, -0.2) is 4.79 Å². The standard InChI is InChI=1S/C16H13N3O4S2/c20-16(21)12-8-4-5-9-14(12)19(25(22)23)15-13(17-24-18-15)10-11-6-2-1-3-7-11/h1-9H,10H2,(H,20,21)(H,22,23)/p-1. The normalized spacial score (nSPS) is 11.9. The van der Waals surface area contributed by atoms with Crippen molar-refractivity contribution >= 4 is 40.5 Å². The Balaban J connectivity index is 2.06. The van der Waals surface area contributed by atoms with Gasteiger partial charge in [-0.15, -0.1) is 0 Å². The third-order valence-corrected chi connectivity index (χ3v) is 4.67. The van der Waals surface area contributed by atoms with Gasteiger partial charge in [0.05, 0.1) is 34.2 Å². The zero-order chi connectivity index (χ0) is 17.8. The average molecular weight is 374 g/mol. The van der Waals surface area contributed by atoms with Gasteiger partial charge in [0.1, 0.15) is 5.69 Å². The minimum Gasteiger partial charge on any atom is -0.755 e. The number of benzene rings is 2. The van der Waals surface area contributed by atoms with Crippen LogP contribution in [0.4, 0.5) is 11.5 Å². The van der Waals surface area contributed by atoms with E-state index in [1.54, 1.807) is 6.07 Å². The number of carbonyl (C=O) groups is 1. The highest BCUT2D eigenvalue weighted by Gasteiger charge is 2.23. The summed E-state index contributed by atoms with van der Waals surface area (Å²) in [4.78, 5) is 11.4. The first kappa shape index (κ1) is 17.2. The Kier molecular flexibility index (Phi) is 5.17. The van der Waals surface area contributed by atoms with Crippen LogP contribution in [0.5, 0.6) is 0 Å². The number of rotatable bonds is 6. The first-order chi connectivity index (χ1) is 12.1. The summed E-state index contributed by atoms with van der Waals surface area (Å²) in [5, 5.41) is 9.34. The predicted molar refractivity (Wildman–Crippen MR) is 93.6 cm³/mol. The van der Waals surface area contributed by atoms with Crippen molar-refractivity contribution in [2.45, 2.75) is 6.42 Å². The van der Waals surface area contributed by atoms with Crippen molar-refractivity contribution in [1.29, 1.82) is 0 Å². The number of carboxylic acids is 1. The van der Waals surface area contributed by atoms with E-state index in [2.05, 4.69) is 8.75 Å². The summed E-state index contributed by atoms with van der Waals surface area (Å²) in [5.41, 5.74) is 1.29. The SMILES string of the molecule is O=C(O)c1ccccc1N(c1nsnc1Cc1ccccc1)S(=O)[O-]. The second-order valence-electron chi connectivity index (χ2n) is 5.03. The molecule has 128 valence electrons. The van der Waals surface area contributed by atoms with Gasteiger partial charge in [0.15, 0.2) is 5.82 Å². The second kappa shape index (κ2) is 7.51. The molecule has 2 aromatic carbocycles. The van der Waals surface area contributed by atoms with Crippen LogP contribution in [0, 0.1) is 0 Å². The van der Waals surface area contributed by atoms with E-state index in [1.807, 2.05) is 30.3 Å².